The second-order valence-corrected chi connectivity index (χ2v) is 5.95. The van der Waals surface area contributed by atoms with Gasteiger partial charge in [0.1, 0.15) is 0 Å². The van der Waals surface area contributed by atoms with Crippen LogP contribution in [0, 0.1) is 0 Å². The average molecular weight is 297 g/mol. The number of hydrazine groups is 1. The summed E-state index contributed by atoms with van der Waals surface area (Å²) in [7, 11) is 0. The third-order valence-corrected chi connectivity index (χ3v) is 4.02. The molecule has 0 radical (unpaired) electrons. The van der Waals surface area contributed by atoms with Crippen molar-refractivity contribution in [3.63, 3.8) is 0 Å². The Kier molecular flexibility index (Phi) is 4.87. The van der Waals surface area contributed by atoms with Crippen LogP contribution in [0.4, 0.5) is 0 Å². The lowest BCUT2D eigenvalue weighted by Gasteiger charge is -2.16. The first-order chi connectivity index (χ1) is 9.11. The van der Waals surface area contributed by atoms with E-state index in [4.69, 9.17) is 17.4 Å². The summed E-state index contributed by atoms with van der Waals surface area (Å²) in [5, 5.41) is 4.93. The minimum atomic E-state index is 0.0101. The van der Waals surface area contributed by atoms with Crippen LogP contribution < -0.4 is 11.3 Å². The predicted molar refractivity (Wildman–Crippen MR) is 79.2 cm³/mol. The van der Waals surface area contributed by atoms with Crippen molar-refractivity contribution in [2.75, 3.05) is 0 Å². The Morgan fingerprint density at radius 3 is 2.84 bits per heavy atom. The van der Waals surface area contributed by atoms with Gasteiger partial charge in [-0.25, -0.2) is 0 Å². The van der Waals surface area contributed by atoms with Gasteiger partial charge in [-0.15, -0.1) is 5.10 Å². The zero-order chi connectivity index (χ0) is 13.8. The summed E-state index contributed by atoms with van der Waals surface area (Å²) < 4.78 is 4.04. The number of nitrogens with one attached hydrogen (secondary N) is 1. The molecule has 0 spiro atoms. The number of aromatic nitrogens is 2. The van der Waals surface area contributed by atoms with Crippen molar-refractivity contribution < 1.29 is 0 Å². The van der Waals surface area contributed by atoms with Gasteiger partial charge in [-0.1, -0.05) is 42.1 Å². The number of benzene rings is 1. The molecule has 0 bridgehead atoms. The molecule has 3 N–H and O–H groups in total. The molecular formula is C13H17ClN4S. The summed E-state index contributed by atoms with van der Waals surface area (Å²) >= 11 is 7.40. The summed E-state index contributed by atoms with van der Waals surface area (Å²) in [6.07, 6.45) is 0.765. The van der Waals surface area contributed by atoms with E-state index in [9.17, 15) is 0 Å². The van der Waals surface area contributed by atoms with Gasteiger partial charge in [0.25, 0.3) is 0 Å². The highest BCUT2D eigenvalue weighted by atomic mass is 35.5. The fraction of sp³-hybridized carbons (Fsp3) is 0.385. The van der Waals surface area contributed by atoms with E-state index in [0.29, 0.717) is 5.92 Å². The average Bonchev–Trinajstić information content (AvgIpc) is 2.85. The Bertz CT molecular complexity index is 541. The predicted octanol–water partition coefficient (Wildman–Crippen LogP) is 3.06. The molecule has 1 aromatic carbocycles. The molecule has 0 aliphatic heterocycles. The summed E-state index contributed by atoms with van der Waals surface area (Å²) in [5.41, 5.74) is 5.00. The smallest absolute Gasteiger partial charge is 0.0829 e. The molecule has 2 rings (SSSR count). The van der Waals surface area contributed by atoms with Crippen molar-refractivity contribution in [2.24, 2.45) is 5.84 Å². The summed E-state index contributed by atoms with van der Waals surface area (Å²) in [6, 6.07) is 7.81. The molecule has 0 saturated carbocycles. The van der Waals surface area contributed by atoms with Crippen molar-refractivity contribution >= 4 is 23.1 Å². The fourth-order valence-electron chi connectivity index (χ4n) is 1.97. The third kappa shape index (κ3) is 3.51. The first-order valence-electron chi connectivity index (χ1n) is 6.14. The van der Waals surface area contributed by atoms with Gasteiger partial charge in [-0.3, -0.25) is 11.3 Å². The normalized spacial score (nSPS) is 12.9. The van der Waals surface area contributed by atoms with Crippen LogP contribution >= 0.6 is 23.1 Å². The fourth-order valence-corrected chi connectivity index (χ4v) is 3.05. The van der Waals surface area contributed by atoms with Crippen LogP contribution in [-0.2, 0) is 6.42 Å². The van der Waals surface area contributed by atoms with Crippen LogP contribution in [0.3, 0.4) is 0 Å². The lowest BCUT2D eigenvalue weighted by atomic mass is 10.0. The maximum absolute atomic E-state index is 6.00. The van der Waals surface area contributed by atoms with Gasteiger partial charge in [-0.2, -0.15) is 0 Å². The number of hydrogen-bond donors (Lipinski definition) is 2. The number of nitrogens with two attached hydrogens (primary N) is 1. The van der Waals surface area contributed by atoms with Crippen LogP contribution in [0.15, 0.2) is 24.3 Å². The molecule has 0 amide bonds. The second kappa shape index (κ2) is 6.43. The van der Waals surface area contributed by atoms with E-state index in [0.717, 1.165) is 27.6 Å². The topological polar surface area (TPSA) is 63.8 Å². The molecule has 19 heavy (non-hydrogen) atoms. The highest BCUT2D eigenvalue weighted by Gasteiger charge is 2.20. The minimum Gasteiger partial charge on any atom is -0.271 e. The molecule has 1 aromatic heterocycles. The Balaban J connectivity index is 2.23. The molecule has 0 fully saturated rings. The Hall–Kier alpha value is -1.01. The molecule has 0 saturated heterocycles. The molecule has 1 heterocycles. The van der Waals surface area contributed by atoms with Crippen molar-refractivity contribution in [3.8, 4) is 0 Å². The molecule has 0 aliphatic rings. The zero-order valence-electron chi connectivity index (χ0n) is 10.9. The highest BCUT2D eigenvalue weighted by Crippen LogP contribution is 2.28. The van der Waals surface area contributed by atoms with Gasteiger partial charge in [0.05, 0.1) is 16.6 Å². The molecule has 6 heteroatoms. The van der Waals surface area contributed by atoms with Gasteiger partial charge in [-0.05, 0) is 41.6 Å². The maximum atomic E-state index is 6.00. The van der Waals surface area contributed by atoms with Gasteiger partial charge < -0.3 is 0 Å². The Labute approximate surface area is 122 Å². The lowest BCUT2D eigenvalue weighted by molar-refractivity contribution is 0.551. The second-order valence-electron chi connectivity index (χ2n) is 4.73. The van der Waals surface area contributed by atoms with Crippen LogP contribution in [0.25, 0.3) is 0 Å². The van der Waals surface area contributed by atoms with Gasteiger partial charge in [0.15, 0.2) is 0 Å². The molecule has 102 valence electrons. The Morgan fingerprint density at radius 2 is 2.21 bits per heavy atom. The molecule has 4 nitrogen and oxygen atoms in total. The van der Waals surface area contributed by atoms with E-state index < -0.39 is 0 Å². The van der Waals surface area contributed by atoms with Crippen LogP contribution in [0.5, 0.6) is 0 Å². The molecule has 0 aliphatic carbocycles. The van der Waals surface area contributed by atoms with Crippen LogP contribution in [-0.4, -0.2) is 9.59 Å². The quantitative estimate of drug-likeness (QED) is 0.657. The van der Waals surface area contributed by atoms with Gasteiger partial charge in [0.2, 0.25) is 0 Å². The van der Waals surface area contributed by atoms with Crippen LogP contribution in [0.1, 0.15) is 41.9 Å². The minimum absolute atomic E-state index is 0.0101. The van der Waals surface area contributed by atoms with Crippen molar-refractivity contribution in [1.29, 1.82) is 0 Å². The highest BCUT2D eigenvalue weighted by molar-refractivity contribution is 7.05. The van der Waals surface area contributed by atoms with Crippen molar-refractivity contribution in [2.45, 2.75) is 32.2 Å². The first kappa shape index (κ1) is 14.4. The van der Waals surface area contributed by atoms with E-state index in [1.165, 1.54) is 11.5 Å². The third-order valence-electron chi connectivity index (χ3n) is 2.93. The monoisotopic (exact) mass is 296 g/mol. The van der Waals surface area contributed by atoms with E-state index in [1.54, 1.807) is 0 Å². The van der Waals surface area contributed by atoms with Crippen molar-refractivity contribution in [1.82, 2.24) is 15.0 Å². The van der Waals surface area contributed by atoms with Crippen molar-refractivity contribution in [3.05, 3.63) is 45.4 Å². The summed E-state index contributed by atoms with van der Waals surface area (Å²) in [4.78, 5) is 1.09. The molecule has 1 unspecified atom stereocenters. The standard InChI is InChI=1S/C13H17ClN4S/c1-8(2)12-13(19-18-17-12)11(16-15)7-9-4-3-5-10(14)6-9/h3-6,8,11,16H,7,15H2,1-2H3. The SMILES string of the molecule is CC(C)c1nnsc1C(Cc1cccc(Cl)c1)NN. The largest absolute Gasteiger partial charge is 0.271 e. The van der Waals surface area contributed by atoms with E-state index in [-0.39, 0.29) is 6.04 Å². The zero-order valence-corrected chi connectivity index (χ0v) is 12.5. The van der Waals surface area contributed by atoms with E-state index in [2.05, 4.69) is 28.9 Å². The first-order valence-corrected chi connectivity index (χ1v) is 7.29. The Morgan fingerprint density at radius 1 is 1.42 bits per heavy atom. The van der Waals surface area contributed by atoms with E-state index >= 15 is 0 Å². The molecule has 1 atom stereocenters. The number of halogens is 1. The lowest BCUT2D eigenvalue weighted by Crippen LogP contribution is -2.29. The van der Waals surface area contributed by atoms with Gasteiger partial charge >= 0.3 is 0 Å². The van der Waals surface area contributed by atoms with E-state index in [1.807, 2.05) is 24.3 Å². The number of nitrogens with zero attached hydrogens (tertiary/aromatic N) is 2. The maximum Gasteiger partial charge on any atom is 0.0829 e. The summed E-state index contributed by atoms with van der Waals surface area (Å²) in [6.45, 7) is 4.21. The summed E-state index contributed by atoms with van der Waals surface area (Å²) in [5.74, 6) is 6.02. The number of hydrogen-bond acceptors (Lipinski definition) is 5. The number of rotatable bonds is 5. The molecular weight excluding hydrogens is 280 g/mol. The van der Waals surface area contributed by atoms with Gasteiger partial charge in [0, 0.05) is 5.02 Å². The molecule has 2 aromatic rings. The van der Waals surface area contributed by atoms with Crippen LogP contribution in [0.2, 0.25) is 5.02 Å².